The van der Waals surface area contributed by atoms with Crippen molar-refractivity contribution in [2.75, 3.05) is 13.6 Å². The van der Waals surface area contributed by atoms with E-state index in [4.69, 9.17) is 0 Å². The Labute approximate surface area is 110 Å². The number of likely N-dealkylation sites (tertiary alicyclic amines) is 1. The number of aromatic nitrogens is 2. The highest BCUT2D eigenvalue weighted by molar-refractivity contribution is 5.01. The molecular formula is C14H26N4. The van der Waals surface area contributed by atoms with Crippen molar-refractivity contribution < 1.29 is 0 Å². The zero-order chi connectivity index (χ0) is 13.1. The zero-order valence-electron chi connectivity index (χ0n) is 12.1. The Morgan fingerprint density at radius 2 is 2.28 bits per heavy atom. The van der Waals surface area contributed by atoms with Crippen molar-refractivity contribution in [2.24, 2.45) is 0 Å². The van der Waals surface area contributed by atoms with Gasteiger partial charge in [0.05, 0.1) is 12.0 Å². The minimum absolute atomic E-state index is 0.518. The standard InChI is InChI=1S/C14H26N4/c1-11(2)16-9-14-8-15-10-18(14)13-5-6-17(4)12(3)7-13/h8,10-13,16H,5-7,9H2,1-4H3. The third-order valence-electron chi connectivity index (χ3n) is 4.01. The van der Waals surface area contributed by atoms with Crippen molar-refractivity contribution >= 4 is 0 Å². The van der Waals surface area contributed by atoms with Crippen LogP contribution in [0.25, 0.3) is 0 Å². The fourth-order valence-electron chi connectivity index (χ4n) is 2.62. The van der Waals surface area contributed by atoms with Crippen LogP contribution in [0.5, 0.6) is 0 Å². The van der Waals surface area contributed by atoms with Crippen LogP contribution in [0.15, 0.2) is 12.5 Å². The highest BCUT2D eigenvalue weighted by Crippen LogP contribution is 2.27. The van der Waals surface area contributed by atoms with Crippen molar-refractivity contribution in [2.45, 2.75) is 58.3 Å². The van der Waals surface area contributed by atoms with Crippen molar-refractivity contribution in [3.05, 3.63) is 18.2 Å². The molecule has 1 aliphatic heterocycles. The van der Waals surface area contributed by atoms with Gasteiger partial charge in [0.1, 0.15) is 0 Å². The SMILES string of the molecule is CC(C)NCc1cncn1C1CCN(C)C(C)C1. The number of rotatable bonds is 4. The van der Waals surface area contributed by atoms with E-state index in [1.807, 2.05) is 12.5 Å². The number of imidazole rings is 1. The monoisotopic (exact) mass is 250 g/mol. The Hall–Kier alpha value is -0.870. The number of nitrogens with one attached hydrogen (secondary N) is 1. The molecule has 0 radical (unpaired) electrons. The maximum absolute atomic E-state index is 4.33. The van der Waals surface area contributed by atoms with E-state index < -0.39 is 0 Å². The predicted molar refractivity (Wildman–Crippen MR) is 74.6 cm³/mol. The van der Waals surface area contributed by atoms with Crippen LogP contribution in [-0.2, 0) is 6.54 Å². The van der Waals surface area contributed by atoms with E-state index in [9.17, 15) is 0 Å². The van der Waals surface area contributed by atoms with Gasteiger partial charge in [-0.05, 0) is 26.8 Å². The topological polar surface area (TPSA) is 33.1 Å². The molecule has 0 saturated carbocycles. The summed E-state index contributed by atoms with van der Waals surface area (Å²) in [6.07, 6.45) is 6.45. The van der Waals surface area contributed by atoms with Crippen LogP contribution in [0.4, 0.5) is 0 Å². The molecule has 1 aliphatic rings. The summed E-state index contributed by atoms with van der Waals surface area (Å²) >= 11 is 0. The van der Waals surface area contributed by atoms with Crippen molar-refractivity contribution in [1.29, 1.82) is 0 Å². The van der Waals surface area contributed by atoms with Gasteiger partial charge in [-0.25, -0.2) is 4.98 Å². The molecule has 0 amide bonds. The summed E-state index contributed by atoms with van der Waals surface area (Å²) in [4.78, 5) is 6.77. The largest absolute Gasteiger partial charge is 0.330 e. The Kier molecular flexibility index (Phi) is 4.40. The predicted octanol–water partition coefficient (Wildman–Crippen LogP) is 2.04. The van der Waals surface area contributed by atoms with Crippen molar-refractivity contribution in [3.63, 3.8) is 0 Å². The molecule has 1 N–H and O–H groups in total. The first kappa shape index (κ1) is 13.6. The minimum atomic E-state index is 0.518. The molecule has 2 heterocycles. The van der Waals surface area contributed by atoms with E-state index in [-0.39, 0.29) is 0 Å². The third kappa shape index (κ3) is 3.12. The number of hydrogen-bond acceptors (Lipinski definition) is 3. The second-order valence-electron chi connectivity index (χ2n) is 5.84. The van der Waals surface area contributed by atoms with Gasteiger partial charge >= 0.3 is 0 Å². The van der Waals surface area contributed by atoms with E-state index >= 15 is 0 Å². The summed E-state index contributed by atoms with van der Waals surface area (Å²) in [6, 6.07) is 1.80. The first-order valence-corrected chi connectivity index (χ1v) is 7.02. The Morgan fingerprint density at radius 1 is 1.50 bits per heavy atom. The molecule has 0 aromatic carbocycles. The molecule has 1 saturated heterocycles. The summed E-state index contributed by atoms with van der Waals surface area (Å²) in [7, 11) is 2.22. The quantitative estimate of drug-likeness (QED) is 0.887. The Balaban J connectivity index is 2.02. The molecule has 4 heteroatoms. The second kappa shape index (κ2) is 5.85. The molecule has 0 bridgehead atoms. The number of piperidine rings is 1. The van der Waals surface area contributed by atoms with Gasteiger partial charge in [0.2, 0.25) is 0 Å². The molecule has 0 spiro atoms. The van der Waals surface area contributed by atoms with Crippen LogP contribution in [0.2, 0.25) is 0 Å². The fourth-order valence-corrected chi connectivity index (χ4v) is 2.62. The van der Waals surface area contributed by atoms with E-state index in [2.05, 4.69) is 47.6 Å². The average molecular weight is 250 g/mol. The number of nitrogens with zero attached hydrogens (tertiary/aromatic N) is 3. The molecule has 1 fully saturated rings. The Bertz CT molecular complexity index is 372. The molecule has 102 valence electrons. The molecule has 18 heavy (non-hydrogen) atoms. The molecule has 2 unspecified atom stereocenters. The summed E-state index contributed by atoms with van der Waals surface area (Å²) in [5.74, 6) is 0. The zero-order valence-corrected chi connectivity index (χ0v) is 12.1. The van der Waals surface area contributed by atoms with Crippen LogP contribution >= 0.6 is 0 Å². The molecule has 0 aliphatic carbocycles. The smallest absolute Gasteiger partial charge is 0.0951 e. The van der Waals surface area contributed by atoms with Crippen LogP contribution in [0.3, 0.4) is 0 Å². The summed E-state index contributed by atoms with van der Waals surface area (Å²) in [6.45, 7) is 8.77. The summed E-state index contributed by atoms with van der Waals surface area (Å²) in [5, 5.41) is 3.48. The van der Waals surface area contributed by atoms with Gasteiger partial charge < -0.3 is 14.8 Å². The molecule has 1 aromatic heterocycles. The van der Waals surface area contributed by atoms with E-state index in [1.54, 1.807) is 0 Å². The lowest BCUT2D eigenvalue weighted by atomic mass is 9.98. The van der Waals surface area contributed by atoms with Gasteiger partial charge in [-0.1, -0.05) is 13.8 Å². The lowest BCUT2D eigenvalue weighted by molar-refractivity contribution is 0.155. The minimum Gasteiger partial charge on any atom is -0.330 e. The third-order valence-corrected chi connectivity index (χ3v) is 4.01. The van der Waals surface area contributed by atoms with Crippen molar-refractivity contribution in [3.8, 4) is 0 Å². The van der Waals surface area contributed by atoms with Crippen LogP contribution in [0.1, 0.15) is 45.3 Å². The van der Waals surface area contributed by atoms with Crippen LogP contribution < -0.4 is 5.32 Å². The maximum Gasteiger partial charge on any atom is 0.0951 e. The molecule has 4 nitrogen and oxygen atoms in total. The van der Waals surface area contributed by atoms with Gasteiger partial charge in [0.15, 0.2) is 0 Å². The fraction of sp³-hybridized carbons (Fsp3) is 0.786. The highest BCUT2D eigenvalue weighted by atomic mass is 15.2. The first-order valence-electron chi connectivity index (χ1n) is 7.02. The van der Waals surface area contributed by atoms with Gasteiger partial charge in [-0.3, -0.25) is 0 Å². The van der Waals surface area contributed by atoms with Gasteiger partial charge in [0.25, 0.3) is 0 Å². The normalized spacial score (nSPS) is 25.8. The van der Waals surface area contributed by atoms with E-state index in [0.717, 1.165) is 6.54 Å². The number of hydrogen-bond donors (Lipinski definition) is 1. The van der Waals surface area contributed by atoms with Gasteiger partial charge in [-0.2, -0.15) is 0 Å². The molecule has 2 atom stereocenters. The summed E-state index contributed by atoms with van der Waals surface area (Å²) in [5.41, 5.74) is 1.31. The lowest BCUT2D eigenvalue weighted by Gasteiger charge is -2.36. The van der Waals surface area contributed by atoms with Gasteiger partial charge in [-0.15, -0.1) is 0 Å². The van der Waals surface area contributed by atoms with Crippen LogP contribution in [-0.4, -0.2) is 40.1 Å². The van der Waals surface area contributed by atoms with Gasteiger partial charge in [0, 0.05) is 37.4 Å². The molecule has 1 aromatic rings. The van der Waals surface area contributed by atoms with E-state index in [0.29, 0.717) is 18.1 Å². The lowest BCUT2D eigenvalue weighted by Crippen LogP contribution is -2.39. The second-order valence-corrected chi connectivity index (χ2v) is 5.84. The first-order chi connectivity index (χ1) is 8.58. The van der Waals surface area contributed by atoms with Crippen LogP contribution in [0, 0.1) is 0 Å². The average Bonchev–Trinajstić information content (AvgIpc) is 2.78. The summed E-state index contributed by atoms with van der Waals surface area (Å²) < 4.78 is 2.37. The Morgan fingerprint density at radius 3 is 2.94 bits per heavy atom. The molecular weight excluding hydrogens is 224 g/mol. The highest BCUT2D eigenvalue weighted by Gasteiger charge is 2.24. The van der Waals surface area contributed by atoms with E-state index in [1.165, 1.54) is 25.1 Å². The van der Waals surface area contributed by atoms with Crippen molar-refractivity contribution in [1.82, 2.24) is 19.8 Å². The molecule has 2 rings (SSSR count). The maximum atomic E-state index is 4.33.